The third kappa shape index (κ3) is 3.82. The Bertz CT molecular complexity index is 415. The Morgan fingerprint density at radius 2 is 1.89 bits per heavy atom. The number of hydrogen-bond acceptors (Lipinski definition) is 3. The van der Waals surface area contributed by atoms with Crippen molar-refractivity contribution in [3.8, 4) is 0 Å². The lowest BCUT2D eigenvalue weighted by Gasteiger charge is -2.24. The molecule has 18 heavy (non-hydrogen) atoms. The van der Waals surface area contributed by atoms with Gasteiger partial charge < -0.3 is 5.32 Å². The van der Waals surface area contributed by atoms with Gasteiger partial charge in [-0.2, -0.15) is 0 Å². The third-order valence-corrected chi connectivity index (χ3v) is 2.73. The summed E-state index contributed by atoms with van der Waals surface area (Å²) in [5.41, 5.74) is -0.362. The molecular formula is C13H24N4O. The van der Waals surface area contributed by atoms with E-state index in [1.165, 1.54) is 0 Å². The topological polar surface area (TPSA) is 70.7 Å². The normalized spacial score (nSPS) is 12.6. The van der Waals surface area contributed by atoms with Crippen molar-refractivity contribution in [3.05, 3.63) is 11.6 Å². The van der Waals surface area contributed by atoms with E-state index in [2.05, 4.69) is 27.4 Å². The summed E-state index contributed by atoms with van der Waals surface area (Å²) in [5.74, 6) is 0.713. The maximum absolute atomic E-state index is 12.0. The van der Waals surface area contributed by atoms with Gasteiger partial charge in [-0.25, -0.2) is 4.98 Å². The van der Waals surface area contributed by atoms with Gasteiger partial charge in [0.1, 0.15) is 5.82 Å². The van der Waals surface area contributed by atoms with Gasteiger partial charge in [-0.15, -0.1) is 5.10 Å². The number of nitrogens with one attached hydrogen (secondary N) is 2. The van der Waals surface area contributed by atoms with Crippen LogP contribution < -0.4 is 5.32 Å². The minimum Gasteiger partial charge on any atom is -0.344 e. The molecular weight excluding hydrogens is 228 g/mol. The highest BCUT2D eigenvalue weighted by Gasteiger charge is 2.25. The minimum atomic E-state index is -0.228. The van der Waals surface area contributed by atoms with E-state index in [0.717, 1.165) is 18.7 Å². The SMILES string of the molecule is CCCC(C)(C)NC(=O)c1n[nH]c(C(C)(C)C)n1. The average Bonchev–Trinajstić information content (AvgIpc) is 2.63. The summed E-state index contributed by atoms with van der Waals surface area (Å²) < 4.78 is 0. The molecule has 5 heteroatoms. The number of carbonyl (C=O) groups is 1. The van der Waals surface area contributed by atoms with Crippen molar-refractivity contribution in [2.75, 3.05) is 0 Å². The van der Waals surface area contributed by atoms with E-state index in [1.807, 2.05) is 34.6 Å². The largest absolute Gasteiger partial charge is 0.344 e. The van der Waals surface area contributed by atoms with Gasteiger partial charge in [0.15, 0.2) is 0 Å². The molecule has 1 aromatic heterocycles. The number of hydrogen-bond donors (Lipinski definition) is 2. The second kappa shape index (κ2) is 5.08. The number of nitrogens with zero attached hydrogens (tertiary/aromatic N) is 2. The zero-order valence-corrected chi connectivity index (χ0v) is 12.2. The molecule has 1 heterocycles. The molecule has 102 valence electrons. The van der Waals surface area contributed by atoms with Crippen LogP contribution >= 0.6 is 0 Å². The van der Waals surface area contributed by atoms with E-state index in [4.69, 9.17) is 0 Å². The van der Waals surface area contributed by atoms with Crippen LogP contribution in [0.15, 0.2) is 0 Å². The van der Waals surface area contributed by atoms with Gasteiger partial charge in [-0.3, -0.25) is 9.89 Å². The van der Waals surface area contributed by atoms with Gasteiger partial charge in [0.05, 0.1) is 0 Å². The van der Waals surface area contributed by atoms with E-state index in [-0.39, 0.29) is 22.7 Å². The second-order valence-corrected chi connectivity index (χ2v) is 6.35. The van der Waals surface area contributed by atoms with Crippen molar-refractivity contribution in [2.24, 2.45) is 0 Å². The fourth-order valence-electron chi connectivity index (χ4n) is 1.75. The Morgan fingerprint density at radius 3 is 2.33 bits per heavy atom. The Kier molecular flexibility index (Phi) is 4.14. The lowest BCUT2D eigenvalue weighted by atomic mass is 9.96. The maximum Gasteiger partial charge on any atom is 0.291 e. The summed E-state index contributed by atoms with van der Waals surface area (Å²) >= 11 is 0. The average molecular weight is 252 g/mol. The zero-order valence-electron chi connectivity index (χ0n) is 12.2. The summed E-state index contributed by atoms with van der Waals surface area (Å²) in [7, 11) is 0. The van der Waals surface area contributed by atoms with Crippen LogP contribution in [0.4, 0.5) is 0 Å². The molecule has 0 atom stereocenters. The maximum atomic E-state index is 12.0. The summed E-state index contributed by atoms with van der Waals surface area (Å²) in [6.45, 7) is 12.2. The van der Waals surface area contributed by atoms with Crippen molar-refractivity contribution in [3.63, 3.8) is 0 Å². The summed E-state index contributed by atoms with van der Waals surface area (Å²) in [4.78, 5) is 16.3. The molecule has 0 radical (unpaired) electrons. The zero-order chi connectivity index (χ0) is 14.0. The molecule has 0 aliphatic rings. The molecule has 1 amide bonds. The first-order chi connectivity index (χ1) is 8.15. The van der Waals surface area contributed by atoms with E-state index >= 15 is 0 Å². The number of carbonyl (C=O) groups excluding carboxylic acids is 1. The Morgan fingerprint density at radius 1 is 1.28 bits per heavy atom. The molecule has 0 aliphatic carbocycles. The van der Waals surface area contributed by atoms with Crippen LogP contribution in [0.1, 0.15) is 70.8 Å². The van der Waals surface area contributed by atoms with Gasteiger partial charge in [-0.1, -0.05) is 34.1 Å². The molecule has 2 N–H and O–H groups in total. The quantitative estimate of drug-likeness (QED) is 0.864. The van der Waals surface area contributed by atoms with Crippen LogP contribution in [0.5, 0.6) is 0 Å². The molecule has 1 rings (SSSR count). The van der Waals surface area contributed by atoms with Crippen molar-refractivity contribution < 1.29 is 4.79 Å². The molecule has 5 nitrogen and oxygen atoms in total. The van der Waals surface area contributed by atoms with E-state index < -0.39 is 0 Å². The summed E-state index contributed by atoms with van der Waals surface area (Å²) in [6.07, 6.45) is 1.95. The van der Waals surface area contributed by atoms with E-state index in [9.17, 15) is 4.79 Å². The highest BCUT2D eigenvalue weighted by atomic mass is 16.2. The predicted molar refractivity (Wildman–Crippen MR) is 71.5 cm³/mol. The number of H-pyrrole nitrogens is 1. The van der Waals surface area contributed by atoms with Gasteiger partial charge in [0.2, 0.25) is 5.82 Å². The minimum absolute atomic E-state index is 0.134. The number of rotatable bonds is 4. The number of aromatic nitrogens is 3. The van der Waals surface area contributed by atoms with Gasteiger partial charge in [0.25, 0.3) is 5.91 Å². The first kappa shape index (κ1) is 14.7. The van der Waals surface area contributed by atoms with Crippen LogP contribution in [0.25, 0.3) is 0 Å². The van der Waals surface area contributed by atoms with Crippen LogP contribution in [-0.2, 0) is 5.41 Å². The molecule has 0 aliphatic heterocycles. The van der Waals surface area contributed by atoms with Crippen molar-refractivity contribution >= 4 is 5.91 Å². The number of amides is 1. The fraction of sp³-hybridized carbons (Fsp3) is 0.769. The lowest BCUT2D eigenvalue weighted by molar-refractivity contribution is 0.0898. The van der Waals surface area contributed by atoms with Crippen LogP contribution in [0, 0.1) is 0 Å². The molecule has 0 spiro atoms. The molecule has 1 aromatic rings. The Hall–Kier alpha value is -1.39. The monoisotopic (exact) mass is 252 g/mol. The molecule has 0 saturated carbocycles. The third-order valence-electron chi connectivity index (χ3n) is 2.73. The second-order valence-electron chi connectivity index (χ2n) is 6.35. The van der Waals surface area contributed by atoms with Crippen LogP contribution in [-0.4, -0.2) is 26.6 Å². The van der Waals surface area contributed by atoms with Gasteiger partial charge in [-0.05, 0) is 20.3 Å². The molecule has 0 fully saturated rings. The van der Waals surface area contributed by atoms with Crippen molar-refractivity contribution in [1.29, 1.82) is 0 Å². The van der Waals surface area contributed by atoms with Gasteiger partial charge >= 0.3 is 0 Å². The Balaban J connectivity index is 2.77. The van der Waals surface area contributed by atoms with E-state index in [1.54, 1.807) is 0 Å². The molecule has 0 bridgehead atoms. The highest BCUT2D eigenvalue weighted by molar-refractivity contribution is 5.90. The van der Waals surface area contributed by atoms with Crippen LogP contribution in [0.3, 0.4) is 0 Å². The van der Waals surface area contributed by atoms with E-state index in [0.29, 0.717) is 0 Å². The van der Waals surface area contributed by atoms with Crippen molar-refractivity contribution in [2.45, 2.75) is 65.3 Å². The highest BCUT2D eigenvalue weighted by Crippen LogP contribution is 2.17. The first-order valence-corrected chi connectivity index (χ1v) is 6.41. The lowest BCUT2D eigenvalue weighted by Crippen LogP contribution is -2.43. The van der Waals surface area contributed by atoms with Gasteiger partial charge in [0, 0.05) is 11.0 Å². The smallest absolute Gasteiger partial charge is 0.291 e. The standard InChI is InChI=1S/C13H24N4O/c1-7-8-13(5,6)15-10(18)9-14-11(17-16-9)12(2,3)4/h7-8H2,1-6H3,(H,15,18)(H,14,16,17). The predicted octanol–water partition coefficient (Wildman–Crippen LogP) is 2.41. The van der Waals surface area contributed by atoms with Crippen molar-refractivity contribution in [1.82, 2.24) is 20.5 Å². The molecule has 0 saturated heterocycles. The molecule has 0 unspecified atom stereocenters. The number of aromatic amines is 1. The van der Waals surface area contributed by atoms with Crippen LogP contribution in [0.2, 0.25) is 0 Å². The molecule has 0 aromatic carbocycles. The Labute approximate surface area is 109 Å². The first-order valence-electron chi connectivity index (χ1n) is 6.41. The summed E-state index contributed by atoms with van der Waals surface area (Å²) in [5, 5.41) is 9.76. The summed E-state index contributed by atoms with van der Waals surface area (Å²) in [6, 6.07) is 0. The fourth-order valence-corrected chi connectivity index (χ4v) is 1.75.